The van der Waals surface area contributed by atoms with Gasteiger partial charge in [0.05, 0.1) is 0 Å². The normalized spacial score (nSPS) is 25.9. The van der Waals surface area contributed by atoms with Gasteiger partial charge in [0.2, 0.25) is 0 Å². The van der Waals surface area contributed by atoms with Crippen LogP contribution in [-0.4, -0.2) is 13.1 Å². The Morgan fingerprint density at radius 1 is 1.47 bits per heavy atom. The van der Waals surface area contributed by atoms with E-state index in [1.807, 2.05) is 0 Å². The second-order valence-corrected chi connectivity index (χ2v) is 6.49. The predicted molar refractivity (Wildman–Crippen MR) is 79.2 cm³/mol. The van der Waals surface area contributed by atoms with Crippen molar-refractivity contribution in [3.63, 3.8) is 0 Å². The molecule has 2 unspecified atom stereocenters. The zero-order chi connectivity index (χ0) is 14.0. The van der Waals surface area contributed by atoms with Gasteiger partial charge < -0.3 is 5.32 Å². The molecule has 1 N–H and O–H groups in total. The van der Waals surface area contributed by atoms with Crippen LogP contribution >= 0.6 is 11.6 Å². The molecule has 1 aromatic carbocycles. The summed E-state index contributed by atoms with van der Waals surface area (Å²) in [5, 5.41) is 4.05. The monoisotopic (exact) mass is 283 g/mol. The minimum absolute atomic E-state index is 0.0912. The van der Waals surface area contributed by atoms with E-state index in [4.69, 9.17) is 11.6 Å². The van der Waals surface area contributed by atoms with E-state index in [1.165, 1.54) is 6.07 Å². The van der Waals surface area contributed by atoms with Crippen LogP contribution in [0.25, 0.3) is 0 Å². The molecule has 1 aliphatic rings. The summed E-state index contributed by atoms with van der Waals surface area (Å²) in [6.45, 7) is 8.32. The first kappa shape index (κ1) is 14.8. The minimum atomic E-state index is -0.158. The topological polar surface area (TPSA) is 12.0 Å². The van der Waals surface area contributed by atoms with E-state index in [9.17, 15) is 4.39 Å². The number of benzene rings is 1. The standard InChI is InChI=1S/C16H23ClFN/c1-4-12-8-16(12,10-19-9-11(2)3)15-13(17)6-5-7-14(15)18/h5-7,11-12,19H,4,8-10H2,1-3H3. The highest BCUT2D eigenvalue weighted by atomic mass is 35.5. The van der Waals surface area contributed by atoms with Crippen LogP contribution in [0.1, 0.15) is 39.2 Å². The molecule has 1 aliphatic carbocycles. The summed E-state index contributed by atoms with van der Waals surface area (Å²) >= 11 is 6.25. The highest BCUT2D eigenvalue weighted by Gasteiger charge is 2.55. The van der Waals surface area contributed by atoms with Gasteiger partial charge in [-0.2, -0.15) is 0 Å². The summed E-state index contributed by atoms with van der Waals surface area (Å²) in [6, 6.07) is 5.01. The van der Waals surface area contributed by atoms with Crippen molar-refractivity contribution in [3.05, 3.63) is 34.6 Å². The molecule has 0 aromatic heterocycles. The van der Waals surface area contributed by atoms with Gasteiger partial charge in [-0.25, -0.2) is 4.39 Å². The Kier molecular flexibility index (Phi) is 4.52. The summed E-state index contributed by atoms with van der Waals surface area (Å²) in [5.74, 6) is 0.989. The first-order valence-electron chi connectivity index (χ1n) is 7.16. The van der Waals surface area contributed by atoms with Crippen molar-refractivity contribution in [3.8, 4) is 0 Å². The molecule has 0 spiro atoms. The first-order chi connectivity index (χ1) is 9.01. The molecule has 0 saturated heterocycles. The quantitative estimate of drug-likeness (QED) is 0.816. The number of rotatable bonds is 6. The SMILES string of the molecule is CCC1CC1(CNCC(C)C)c1c(F)cccc1Cl. The third-order valence-corrected chi connectivity index (χ3v) is 4.49. The lowest BCUT2D eigenvalue weighted by atomic mass is 9.91. The molecule has 0 bridgehead atoms. The van der Waals surface area contributed by atoms with Crippen molar-refractivity contribution in [1.29, 1.82) is 0 Å². The molecule has 2 atom stereocenters. The number of hydrogen-bond donors (Lipinski definition) is 1. The lowest BCUT2D eigenvalue weighted by molar-refractivity contribution is 0.467. The minimum Gasteiger partial charge on any atom is -0.316 e. The fraction of sp³-hybridized carbons (Fsp3) is 0.625. The lowest BCUT2D eigenvalue weighted by Gasteiger charge is -2.21. The van der Waals surface area contributed by atoms with Crippen LogP contribution in [-0.2, 0) is 5.41 Å². The number of hydrogen-bond acceptors (Lipinski definition) is 1. The van der Waals surface area contributed by atoms with Crippen LogP contribution in [0.5, 0.6) is 0 Å². The molecule has 1 saturated carbocycles. The fourth-order valence-corrected chi connectivity index (χ4v) is 3.44. The predicted octanol–water partition coefficient (Wildman–Crippen LogP) is 4.39. The first-order valence-corrected chi connectivity index (χ1v) is 7.54. The van der Waals surface area contributed by atoms with Gasteiger partial charge in [0.15, 0.2) is 0 Å². The lowest BCUT2D eigenvalue weighted by Crippen LogP contribution is -2.32. The average Bonchev–Trinajstić information content (AvgIpc) is 3.03. The third-order valence-electron chi connectivity index (χ3n) is 4.18. The molecule has 1 fully saturated rings. The molecule has 0 aliphatic heterocycles. The summed E-state index contributed by atoms with van der Waals surface area (Å²) in [4.78, 5) is 0. The Labute approximate surface area is 120 Å². The molecule has 106 valence electrons. The molecule has 1 aromatic rings. The van der Waals surface area contributed by atoms with Crippen LogP contribution < -0.4 is 5.32 Å². The second-order valence-electron chi connectivity index (χ2n) is 6.09. The Bertz CT molecular complexity index is 426. The van der Waals surface area contributed by atoms with Gasteiger partial charge >= 0.3 is 0 Å². The van der Waals surface area contributed by atoms with Crippen molar-refractivity contribution < 1.29 is 4.39 Å². The molecule has 19 heavy (non-hydrogen) atoms. The van der Waals surface area contributed by atoms with Crippen LogP contribution in [0, 0.1) is 17.7 Å². The summed E-state index contributed by atoms with van der Waals surface area (Å²) in [7, 11) is 0. The maximum absolute atomic E-state index is 14.2. The van der Waals surface area contributed by atoms with Crippen molar-refractivity contribution >= 4 is 11.6 Å². The number of nitrogens with one attached hydrogen (secondary N) is 1. The highest BCUT2D eigenvalue weighted by molar-refractivity contribution is 6.31. The van der Waals surface area contributed by atoms with Crippen LogP contribution in [0.4, 0.5) is 4.39 Å². The molecule has 2 rings (SSSR count). The van der Waals surface area contributed by atoms with E-state index < -0.39 is 0 Å². The Hall–Kier alpha value is -0.600. The largest absolute Gasteiger partial charge is 0.316 e. The summed E-state index contributed by atoms with van der Waals surface area (Å²) in [6.07, 6.45) is 2.11. The van der Waals surface area contributed by atoms with Gasteiger partial charge in [-0.05, 0) is 36.9 Å². The van der Waals surface area contributed by atoms with E-state index in [0.717, 1.165) is 31.5 Å². The van der Waals surface area contributed by atoms with Gasteiger partial charge in [-0.15, -0.1) is 0 Å². The van der Waals surface area contributed by atoms with Gasteiger partial charge in [-0.1, -0.05) is 44.9 Å². The van der Waals surface area contributed by atoms with Crippen LogP contribution in [0.3, 0.4) is 0 Å². The summed E-state index contributed by atoms with van der Waals surface area (Å²) < 4.78 is 14.2. The Morgan fingerprint density at radius 2 is 2.21 bits per heavy atom. The second kappa shape index (κ2) is 5.80. The molecular formula is C16H23ClFN. The Morgan fingerprint density at radius 3 is 2.74 bits per heavy atom. The van der Waals surface area contributed by atoms with E-state index in [0.29, 0.717) is 16.9 Å². The average molecular weight is 284 g/mol. The van der Waals surface area contributed by atoms with Crippen molar-refractivity contribution in [1.82, 2.24) is 5.32 Å². The van der Waals surface area contributed by atoms with Gasteiger partial charge in [0.1, 0.15) is 5.82 Å². The van der Waals surface area contributed by atoms with Gasteiger partial charge in [0, 0.05) is 22.5 Å². The number of halogens is 2. The molecule has 0 amide bonds. The van der Waals surface area contributed by atoms with E-state index in [-0.39, 0.29) is 11.2 Å². The highest BCUT2D eigenvalue weighted by Crippen LogP contribution is 2.57. The van der Waals surface area contributed by atoms with E-state index in [1.54, 1.807) is 12.1 Å². The fourth-order valence-electron chi connectivity index (χ4n) is 3.08. The van der Waals surface area contributed by atoms with Crippen LogP contribution in [0.15, 0.2) is 18.2 Å². The van der Waals surface area contributed by atoms with Crippen molar-refractivity contribution in [2.45, 2.75) is 39.0 Å². The molecule has 1 nitrogen and oxygen atoms in total. The van der Waals surface area contributed by atoms with Gasteiger partial charge in [-0.3, -0.25) is 0 Å². The van der Waals surface area contributed by atoms with Gasteiger partial charge in [0.25, 0.3) is 0 Å². The van der Waals surface area contributed by atoms with E-state index in [2.05, 4.69) is 26.1 Å². The zero-order valence-corrected chi connectivity index (χ0v) is 12.7. The summed E-state index contributed by atoms with van der Waals surface area (Å²) in [5.41, 5.74) is 0.631. The molecule has 0 heterocycles. The third kappa shape index (κ3) is 2.95. The Balaban J connectivity index is 2.21. The maximum Gasteiger partial charge on any atom is 0.128 e. The van der Waals surface area contributed by atoms with Crippen molar-refractivity contribution in [2.24, 2.45) is 11.8 Å². The zero-order valence-electron chi connectivity index (χ0n) is 12.0. The maximum atomic E-state index is 14.2. The van der Waals surface area contributed by atoms with Crippen molar-refractivity contribution in [2.75, 3.05) is 13.1 Å². The molecule has 0 radical (unpaired) electrons. The molecular weight excluding hydrogens is 261 g/mol. The molecule has 3 heteroatoms. The van der Waals surface area contributed by atoms with E-state index >= 15 is 0 Å². The smallest absolute Gasteiger partial charge is 0.128 e. The van der Waals surface area contributed by atoms with Crippen LogP contribution in [0.2, 0.25) is 5.02 Å².